The number of H-pyrrole nitrogens is 1. The Morgan fingerprint density at radius 1 is 1.28 bits per heavy atom. The summed E-state index contributed by atoms with van der Waals surface area (Å²) >= 11 is 5.17. The molecule has 90 valence electrons. The van der Waals surface area contributed by atoms with Crippen molar-refractivity contribution in [2.24, 2.45) is 0 Å². The molecule has 0 fully saturated rings. The highest BCUT2D eigenvalue weighted by Gasteiger charge is 2.09. The number of hydrogen-bond donors (Lipinski definition) is 1. The Morgan fingerprint density at radius 2 is 2.17 bits per heavy atom. The van der Waals surface area contributed by atoms with E-state index in [0.717, 1.165) is 26.6 Å². The zero-order valence-electron chi connectivity index (χ0n) is 9.64. The third-order valence-corrected chi connectivity index (χ3v) is 4.40. The van der Waals surface area contributed by atoms with Crippen LogP contribution in [-0.2, 0) is 0 Å². The molecule has 0 aliphatic heterocycles. The predicted molar refractivity (Wildman–Crippen MR) is 77.6 cm³/mol. The van der Waals surface area contributed by atoms with E-state index in [0.29, 0.717) is 0 Å². The normalized spacial score (nSPS) is 10.8. The summed E-state index contributed by atoms with van der Waals surface area (Å²) in [5.74, 6) is 1.54. The van der Waals surface area contributed by atoms with Crippen molar-refractivity contribution in [3.63, 3.8) is 0 Å². The minimum atomic E-state index is 0.721. The third kappa shape index (κ3) is 2.11. The molecule has 1 N–H and O–H groups in total. The average Bonchev–Trinajstić information content (AvgIpc) is 3.01. The molecule has 0 saturated carbocycles. The molecule has 0 aliphatic rings. The molecule has 3 aromatic rings. The summed E-state index contributed by atoms with van der Waals surface area (Å²) in [7, 11) is 0. The Morgan fingerprint density at radius 3 is 2.89 bits per heavy atom. The van der Waals surface area contributed by atoms with E-state index in [4.69, 9.17) is 0 Å². The van der Waals surface area contributed by atoms with E-state index >= 15 is 0 Å². The molecule has 0 saturated heterocycles. The zero-order valence-corrected chi connectivity index (χ0v) is 12.0. The molecule has 1 aromatic carbocycles. The maximum Gasteiger partial charge on any atom is 0.181 e. The standard InChI is InChI=1S/C13H10BrN3S/c1-8-4-5-9(7-10(8)14)12-15-13(17-16-12)11-3-2-6-18-11/h2-7H,1H3,(H,15,16,17). The molecule has 0 radical (unpaired) electrons. The highest BCUT2D eigenvalue weighted by atomic mass is 79.9. The summed E-state index contributed by atoms with van der Waals surface area (Å²) in [5, 5.41) is 9.27. The van der Waals surface area contributed by atoms with Crippen LogP contribution in [0.4, 0.5) is 0 Å². The van der Waals surface area contributed by atoms with Crippen LogP contribution < -0.4 is 0 Å². The molecular weight excluding hydrogens is 310 g/mol. The fraction of sp³-hybridized carbons (Fsp3) is 0.0769. The molecular formula is C13H10BrN3S. The Kier molecular flexibility index (Phi) is 3.01. The van der Waals surface area contributed by atoms with E-state index in [9.17, 15) is 0 Å². The van der Waals surface area contributed by atoms with Gasteiger partial charge in [-0.1, -0.05) is 34.1 Å². The van der Waals surface area contributed by atoms with Crippen molar-refractivity contribution in [2.45, 2.75) is 6.92 Å². The first-order valence-electron chi connectivity index (χ1n) is 5.47. The monoisotopic (exact) mass is 319 g/mol. The fourth-order valence-electron chi connectivity index (χ4n) is 1.65. The molecule has 18 heavy (non-hydrogen) atoms. The summed E-state index contributed by atoms with van der Waals surface area (Å²) in [6, 6.07) is 10.2. The highest BCUT2D eigenvalue weighted by molar-refractivity contribution is 9.10. The lowest BCUT2D eigenvalue weighted by Gasteiger charge is -1.99. The van der Waals surface area contributed by atoms with Gasteiger partial charge in [-0.3, -0.25) is 5.10 Å². The second kappa shape index (κ2) is 4.66. The van der Waals surface area contributed by atoms with E-state index in [1.165, 1.54) is 5.56 Å². The number of nitrogens with zero attached hydrogens (tertiary/aromatic N) is 2. The molecule has 2 heterocycles. The minimum Gasteiger partial charge on any atom is -0.258 e. The molecule has 0 bridgehead atoms. The number of rotatable bonds is 2. The number of aromatic nitrogens is 3. The summed E-state index contributed by atoms with van der Waals surface area (Å²) in [5.41, 5.74) is 2.21. The van der Waals surface area contributed by atoms with Gasteiger partial charge in [-0.25, -0.2) is 4.98 Å². The van der Waals surface area contributed by atoms with E-state index in [2.05, 4.69) is 44.1 Å². The molecule has 0 aliphatic carbocycles. The van der Waals surface area contributed by atoms with E-state index in [-0.39, 0.29) is 0 Å². The topological polar surface area (TPSA) is 41.6 Å². The van der Waals surface area contributed by atoms with Crippen LogP contribution in [0.5, 0.6) is 0 Å². The van der Waals surface area contributed by atoms with Crippen molar-refractivity contribution in [1.29, 1.82) is 0 Å². The number of nitrogens with one attached hydrogen (secondary N) is 1. The summed E-state index contributed by atoms with van der Waals surface area (Å²) in [6.45, 7) is 2.06. The first kappa shape index (κ1) is 11.6. The number of thiophene rings is 1. The van der Waals surface area contributed by atoms with Gasteiger partial charge in [0, 0.05) is 10.0 Å². The molecule has 3 nitrogen and oxygen atoms in total. The number of halogens is 1. The van der Waals surface area contributed by atoms with Gasteiger partial charge in [0.15, 0.2) is 11.6 Å². The van der Waals surface area contributed by atoms with Crippen molar-refractivity contribution in [1.82, 2.24) is 15.2 Å². The zero-order chi connectivity index (χ0) is 12.5. The van der Waals surface area contributed by atoms with Crippen molar-refractivity contribution in [3.8, 4) is 22.1 Å². The Bertz CT molecular complexity index is 673. The van der Waals surface area contributed by atoms with Crippen LogP contribution >= 0.6 is 27.3 Å². The smallest absolute Gasteiger partial charge is 0.181 e. The molecule has 2 aromatic heterocycles. The molecule has 0 atom stereocenters. The van der Waals surface area contributed by atoms with Gasteiger partial charge >= 0.3 is 0 Å². The quantitative estimate of drug-likeness (QED) is 0.766. The molecule has 0 spiro atoms. The lowest BCUT2D eigenvalue weighted by molar-refractivity contribution is 1.10. The van der Waals surface area contributed by atoms with Crippen LogP contribution in [0.2, 0.25) is 0 Å². The lowest BCUT2D eigenvalue weighted by Crippen LogP contribution is -1.83. The second-order valence-electron chi connectivity index (χ2n) is 3.95. The van der Waals surface area contributed by atoms with Gasteiger partial charge in [0.1, 0.15) is 0 Å². The van der Waals surface area contributed by atoms with E-state index in [1.54, 1.807) is 11.3 Å². The molecule has 3 rings (SSSR count). The summed E-state index contributed by atoms with van der Waals surface area (Å²) < 4.78 is 1.07. The predicted octanol–water partition coefficient (Wildman–Crippen LogP) is 4.27. The van der Waals surface area contributed by atoms with Gasteiger partial charge < -0.3 is 0 Å². The highest BCUT2D eigenvalue weighted by Crippen LogP contribution is 2.26. The van der Waals surface area contributed by atoms with E-state index < -0.39 is 0 Å². The van der Waals surface area contributed by atoms with Gasteiger partial charge in [0.05, 0.1) is 4.88 Å². The van der Waals surface area contributed by atoms with Crippen molar-refractivity contribution < 1.29 is 0 Å². The number of aryl methyl sites for hydroxylation is 1. The van der Waals surface area contributed by atoms with Crippen LogP contribution in [0.15, 0.2) is 40.2 Å². The summed E-state index contributed by atoms with van der Waals surface area (Å²) in [4.78, 5) is 5.61. The Hall–Kier alpha value is -1.46. The fourth-order valence-corrected chi connectivity index (χ4v) is 2.69. The van der Waals surface area contributed by atoms with Crippen LogP contribution in [0.3, 0.4) is 0 Å². The van der Waals surface area contributed by atoms with Crippen LogP contribution in [-0.4, -0.2) is 15.2 Å². The SMILES string of the molecule is Cc1ccc(-c2n[nH]c(-c3cccs3)n2)cc1Br. The van der Waals surface area contributed by atoms with Gasteiger partial charge in [-0.05, 0) is 30.0 Å². The second-order valence-corrected chi connectivity index (χ2v) is 5.75. The third-order valence-electron chi connectivity index (χ3n) is 2.67. The van der Waals surface area contributed by atoms with Crippen molar-refractivity contribution in [2.75, 3.05) is 0 Å². The van der Waals surface area contributed by atoms with Gasteiger partial charge in [-0.15, -0.1) is 11.3 Å². The number of hydrogen-bond acceptors (Lipinski definition) is 3. The number of aromatic amines is 1. The lowest BCUT2D eigenvalue weighted by atomic mass is 10.1. The first-order valence-corrected chi connectivity index (χ1v) is 7.14. The maximum atomic E-state index is 4.52. The minimum absolute atomic E-state index is 0.721. The average molecular weight is 320 g/mol. The van der Waals surface area contributed by atoms with Crippen molar-refractivity contribution >= 4 is 27.3 Å². The van der Waals surface area contributed by atoms with Gasteiger partial charge in [0.25, 0.3) is 0 Å². The molecule has 5 heteroatoms. The van der Waals surface area contributed by atoms with Crippen LogP contribution in [0.25, 0.3) is 22.1 Å². The van der Waals surface area contributed by atoms with Gasteiger partial charge in [0.2, 0.25) is 0 Å². The first-order chi connectivity index (χ1) is 8.74. The Balaban J connectivity index is 2.00. The van der Waals surface area contributed by atoms with Crippen LogP contribution in [0.1, 0.15) is 5.56 Å². The number of benzene rings is 1. The van der Waals surface area contributed by atoms with Gasteiger partial charge in [-0.2, -0.15) is 5.10 Å². The molecule has 0 unspecified atom stereocenters. The summed E-state index contributed by atoms with van der Waals surface area (Å²) in [6.07, 6.45) is 0. The van der Waals surface area contributed by atoms with Crippen LogP contribution in [0, 0.1) is 6.92 Å². The largest absolute Gasteiger partial charge is 0.258 e. The molecule has 0 amide bonds. The Labute approximate surface area is 117 Å². The van der Waals surface area contributed by atoms with E-state index in [1.807, 2.05) is 29.6 Å². The van der Waals surface area contributed by atoms with Crippen molar-refractivity contribution in [3.05, 3.63) is 45.7 Å². The maximum absolute atomic E-state index is 4.52.